The minimum absolute atomic E-state index is 0.170. The van der Waals surface area contributed by atoms with Gasteiger partial charge in [0, 0.05) is 17.8 Å². The second-order valence-electron chi connectivity index (χ2n) is 5.89. The van der Waals surface area contributed by atoms with Gasteiger partial charge >= 0.3 is 0 Å². The summed E-state index contributed by atoms with van der Waals surface area (Å²) in [7, 11) is -1.08. The molecule has 0 bridgehead atoms. The summed E-state index contributed by atoms with van der Waals surface area (Å²) in [4.78, 5) is 12.6. The number of anilines is 2. The highest BCUT2D eigenvalue weighted by Crippen LogP contribution is 2.30. The molecule has 152 valence electrons. The standard InChI is InChI=1S/C18H20F2N2O5S/c1-11(18(23)21-12-5-8-16(26-2)17(9-12)27-3)22(28(4,24)25)13-6-7-14(19)15(20)10-13/h5-11H,1-4H3,(H,21,23)/t11-/m1/s1. The van der Waals surface area contributed by atoms with Gasteiger partial charge in [0.05, 0.1) is 26.2 Å². The Bertz CT molecular complexity index is 982. The van der Waals surface area contributed by atoms with Gasteiger partial charge in [-0.15, -0.1) is 0 Å². The molecule has 1 N–H and O–H groups in total. The number of benzene rings is 2. The number of carbonyl (C=O) groups excluding carboxylic acids is 1. The lowest BCUT2D eigenvalue weighted by molar-refractivity contribution is -0.116. The molecule has 0 aliphatic rings. The van der Waals surface area contributed by atoms with Crippen LogP contribution in [-0.2, 0) is 14.8 Å². The van der Waals surface area contributed by atoms with E-state index in [1.165, 1.54) is 27.2 Å². The van der Waals surface area contributed by atoms with Crippen molar-refractivity contribution in [3.05, 3.63) is 48.0 Å². The van der Waals surface area contributed by atoms with E-state index in [9.17, 15) is 22.0 Å². The smallest absolute Gasteiger partial charge is 0.247 e. The molecule has 0 saturated carbocycles. The van der Waals surface area contributed by atoms with Gasteiger partial charge in [0.25, 0.3) is 0 Å². The first-order valence-corrected chi connectivity index (χ1v) is 9.90. The fraction of sp³-hybridized carbons (Fsp3) is 0.278. The minimum Gasteiger partial charge on any atom is -0.493 e. The van der Waals surface area contributed by atoms with E-state index < -0.39 is 33.6 Å². The van der Waals surface area contributed by atoms with Crippen LogP contribution in [0, 0.1) is 11.6 Å². The van der Waals surface area contributed by atoms with Crippen molar-refractivity contribution in [2.24, 2.45) is 0 Å². The quantitative estimate of drug-likeness (QED) is 0.753. The lowest BCUT2D eigenvalue weighted by atomic mass is 10.2. The SMILES string of the molecule is COc1ccc(NC(=O)[C@@H](C)N(c2ccc(F)c(F)c2)S(C)(=O)=O)cc1OC. The Morgan fingerprint density at radius 1 is 1.04 bits per heavy atom. The molecule has 28 heavy (non-hydrogen) atoms. The zero-order valence-corrected chi connectivity index (χ0v) is 16.5. The van der Waals surface area contributed by atoms with Gasteiger partial charge in [-0.1, -0.05) is 0 Å². The van der Waals surface area contributed by atoms with Gasteiger partial charge in [-0.2, -0.15) is 0 Å². The second-order valence-corrected chi connectivity index (χ2v) is 7.75. The molecule has 0 unspecified atom stereocenters. The molecule has 0 aliphatic heterocycles. The number of nitrogens with zero attached hydrogens (tertiary/aromatic N) is 1. The zero-order valence-electron chi connectivity index (χ0n) is 15.7. The van der Waals surface area contributed by atoms with Crippen molar-refractivity contribution >= 4 is 27.3 Å². The zero-order chi connectivity index (χ0) is 21.1. The Hall–Kier alpha value is -2.88. The van der Waals surface area contributed by atoms with Gasteiger partial charge in [-0.05, 0) is 31.2 Å². The average Bonchev–Trinajstić information content (AvgIpc) is 2.63. The van der Waals surface area contributed by atoms with E-state index in [-0.39, 0.29) is 5.69 Å². The lowest BCUT2D eigenvalue weighted by Crippen LogP contribution is -2.45. The number of amides is 1. The van der Waals surface area contributed by atoms with Crippen molar-refractivity contribution in [3.63, 3.8) is 0 Å². The third-order valence-corrected chi connectivity index (χ3v) is 5.14. The first-order chi connectivity index (χ1) is 13.1. The molecule has 0 fully saturated rings. The number of sulfonamides is 1. The van der Waals surface area contributed by atoms with Crippen LogP contribution in [0.15, 0.2) is 36.4 Å². The van der Waals surface area contributed by atoms with E-state index in [4.69, 9.17) is 9.47 Å². The summed E-state index contributed by atoms with van der Waals surface area (Å²) >= 11 is 0. The fourth-order valence-corrected chi connectivity index (χ4v) is 3.76. The third-order valence-electron chi connectivity index (χ3n) is 3.90. The van der Waals surface area contributed by atoms with Crippen LogP contribution in [0.25, 0.3) is 0 Å². The van der Waals surface area contributed by atoms with Crippen molar-refractivity contribution in [2.75, 3.05) is 30.1 Å². The fourth-order valence-electron chi connectivity index (χ4n) is 2.59. The molecule has 0 spiro atoms. The predicted molar refractivity (Wildman–Crippen MR) is 101 cm³/mol. The molecule has 2 rings (SSSR count). The highest BCUT2D eigenvalue weighted by molar-refractivity contribution is 7.92. The van der Waals surface area contributed by atoms with Crippen LogP contribution >= 0.6 is 0 Å². The van der Waals surface area contributed by atoms with E-state index in [1.54, 1.807) is 12.1 Å². The maximum atomic E-state index is 13.6. The summed E-state index contributed by atoms with van der Waals surface area (Å²) < 4.78 is 62.2. The highest BCUT2D eigenvalue weighted by Gasteiger charge is 2.30. The number of halogens is 2. The number of ether oxygens (including phenoxy) is 2. The maximum Gasteiger partial charge on any atom is 0.247 e. The van der Waals surface area contributed by atoms with Crippen molar-refractivity contribution in [2.45, 2.75) is 13.0 Å². The minimum atomic E-state index is -3.97. The molecule has 2 aromatic carbocycles. The first kappa shape index (κ1) is 21.4. The van der Waals surface area contributed by atoms with Crippen molar-refractivity contribution in [1.82, 2.24) is 0 Å². The van der Waals surface area contributed by atoms with Crippen LogP contribution in [0.4, 0.5) is 20.2 Å². The average molecular weight is 414 g/mol. The molecular weight excluding hydrogens is 394 g/mol. The Morgan fingerprint density at radius 2 is 1.68 bits per heavy atom. The van der Waals surface area contributed by atoms with Gasteiger partial charge in [0.15, 0.2) is 23.1 Å². The number of hydrogen-bond donors (Lipinski definition) is 1. The molecule has 1 atom stereocenters. The van der Waals surface area contributed by atoms with Crippen LogP contribution in [0.1, 0.15) is 6.92 Å². The van der Waals surface area contributed by atoms with Gasteiger partial charge in [0.2, 0.25) is 15.9 Å². The molecule has 0 radical (unpaired) electrons. The van der Waals surface area contributed by atoms with Crippen LogP contribution in [-0.4, -0.2) is 40.8 Å². The van der Waals surface area contributed by atoms with E-state index >= 15 is 0 Å². The van der Waals surface area contributed by atoms with Crippen LogP contribution in [0.2, 0.25) is 0 Å². The molecule has 1 amide bonds. The van der Waals surface area contributed by atoms with Crippen LogP contribution < -0.4 is 19.1 Å². The summed E-state index contributed by atoms with van der Waals surface area (Å²) in [6, 6.07) is 5.98. The normalized spacial score (nSPS) is 12.2. The van der Waals surface area contributed by atoms with Gasteiger partial charge < -0.3 is 14.8 Å². The summed E-state index contributed by atoms with van der Waals surface area (Å²) in [5.74, 6) is -2.21. The molecule has 0 aliphatic carbocycles. The van der Waals surface area contributed by atoms with E-state index in [2.05, 4.69) is 5.32 Å². The molecule has 0 aromatic heterocycles. The predicted octanol–water partition coefficient (Wildman–Crippen LogP) is 2.78. The number of methoxy groups -OCH3 is 2. The van der Waals surface area contributed by atoms with Gasteiger partial charge in [-0.3, -0.25) is 9.10 Å². The first-order valence-electron chi connectivity index (χ1n) is 8.05. The summed E-state index contributed by atoms with van der Waals surface area (Å²) in [5.41, 5.74) is 0.171. The Balaban J connectivity index is 2.33. The van der Waals surface area contributed by atoms with Crippen molar-refractivity contribution < 1.29 is 31.5 Å². The largest absolute Gasteiger partial charge is 0.493 e. The topological polar surface area (TPSA) is 84.9 Å². The molecule has 0 heterocycles. The number of carbonyl (C=O) groups is 1. The monoisotopic (exact) mass is 414 g/mol. The molecule has 10 heteroatoms. The van der Waals surface area contributed by atoms with Crippen molar-refractivity contribution in [1.29, 1.82) is 0 Å². The third kappa shape index (κ3) is 4.69. The number of rotatable bonds is 7. The van der Waals surface area contributed by atoms with E-state index in [0.29, 0.717) is 21.5 Å². The van der Waals surface area contributed by atoms with Gasteiger partial charge in [-0.25, -0.2) is 17.2 Å². The highest BCUT2D eigenvalue weighted by atomic mass is 32.2. The second kappa shape index (κ2) is 8.42. The Morgan fingerprint density at radius 3 is 2.21 bits per heavy atom. The lowest BCUT2D eigenvalue weighted by Gasteiger charge is -2.28. The molecule has 0 saturated heterocycles. The summed E-state index contributed by atoms with van der Waals surface area (Å²) in [6.07, 6.45) is 0.869. The molecular formula is C18H20F2N2O5S. The van der Waals surface area contributed by atoms with E-state index in [1.807, 2.05) is 0 Å². The molecule has 2 aromatic rings. The van der Waals surface area contributed by atoms with Crippen molar-refractivity contribution in [3.8, 4) is 11.5 Å². The number of hydrogen-bond acceptors (Lipinski definition) is 5. The van der Waals surface area contributed by atoms with Gasteiger partial charge in [0.1, 0.15) is 6.04 Å². The Kier molecular flexibility index (Phi) is 6.45. The maximum absolute atomic E-state index is 13.6. The van der Waals surface area contributed by atoms with Crippen LogP contribution in [0.3, 0.4) is 0 Å². The van der Waals surface area contributed by atoms with Crippen LogP contribution in [0.5, 0.6) is 11.5 Å². The van der Waals surface area contributed by atoms with E-state index in [0.717, 1.165) is 24.5 Å². The molecule has 7 nitrogen and oxygen atoms in total. The number of nitrogens with one attached hydrogen (secondary N) is 1. The summed E-state index contributed by atoms with van der Waals surface area (Å²) in [6.45, 7) is 1.33. The summed E-state index contributed by atoms with van der Waals surface area (Å²) in [5, 5.41) is 2.57. The Labute approximate surface area is 161 Å².